The van der Waals surface area contributed by atoms with E-state index in [1.165, 1.54) is 36.7 Å². The average Bonchev–Trinajstić information content (AvgIpc) is 4.02. The summed E-state index contributed by atoms with van der Waals surface area (Å²) in [5, 5.41) is 18.5. The van der Waals surface area contributed by atoms with Crippen LogP contribution in [0.5, 0.6) is 0 Å². The van der Waals surface area contributed by atoms with Crippen LogP contribution in [0.15, 0.2) is 122 Å². The van der Waals surface area contributed by atoms with E-state index in [1.54, 1.807) is 33.9 Å². The van der Waals surface area contributed by atoms with E-state index in [1.807, 2.05) is 13.8 Å². The SMILES string of the molecule is CCn1cc(-c2cc(Cl)cc(NC(=O)Nc3ccc(C(F)(F)F)cc3)c2F)c(-c2ccnc(C(N)=O)c2)n1.CCn1cc(-c2cc(F)cc(NC(=O)Nc3ccc(C(F)(F)F)cc3)c2Cl)c(-c2ccnc(C(N)=O)c2)n1. The molecular formula is C50H38Cl2F8N12O4. The molecule has 76 heavy (non-hydrogen) atoms. The summed E-state index contributed by atoms with van der Waals surface area (Å²) in [4.78, 5) is 56.0. The van der Waals surface area contributed by atoms with Gasteiger partial charge in [0.15, 0.2) is 5.82 Å². The quantitative estimate of drug-likeness (QED) is 0.0643. The first-order chi connectivity index (χ1) is 35.9. The zero-order chi connectivity index (χ0) is 55.2. The van der Waals surface area contributed by atoms with Crippen molar-refractivity contribution in [1.29, 1.82) is 0 Å². The number of carbonyl (C=O) groups excluding carboxylic acids is 4. The molecule has 0 radical (unpaired) electrons. The lowest BCUT2D eigenvalue weighted by Gasteiger charge is -2.13. The predicted molar refractivity (Wildman–Crippen MR) is 268 cm³/mol. The van der Waals surface area contributed by atoms with Gasteiger partial charge in [0.05, 0.1) is 27.5 Å². The highest BCUT2D eigenvalue weighted by Gasteiger charge is 2.31. The zero-order valence-corrected chi connectivity index (χ0v) is 40.7. The van der Waals surface area contributed by atoms with E-state index in [-0.39, 0.29) is 55.3 Å². The molecule has 16 nitrogen and oxygen atoms in total. The molecule has 0 spiro atoms. The van der Waals surface area contributed by atoms with Crippen LogP contribution in [0.25, 0.3) is 44.8 Å². The van der Waals surface area contributed by atoms with Crippen LogP contribution in [0, 0.1) is 11.6 Å². The van der Waals surface area contributed by atoms with Crippen molar-refractivity contribution in [3.05, 3.63) is 166 Å². The van der Waals surface area contributed by atoms with Gasteiger partial charge >= 0.3 is 24.4 Å². The van der Waals surface area contributed by atoms with Crippen molar-refractivity contribution in [2.24, 2.45) is 11.5 Å². The topological polar surface area (TPSA) is 230 Å². The summed E-state index contributed by atoms with van der Waals surface area (Å²) < 4.78 is 110. The fraction of sp³-hybridized carbons (Fsp3) is 0.120. The Labute approximate surface area is 435 Å². The molecule has 8 rings (SSSR count). The van der Waals surface area contributed by atoms with Crippen LogP contribution >= 0.6 is 23.2 Å². The van der Waals surface area contributed by atoms with E-state index in [4.69, 9.17) is 34.7 Å². The van der Waals surface area contributed by atoms with Crippen LogP contribution in [-0.2, 0) is 25.4 Å². The molecule has 0 fully saturated rings. The minimum atomic E-state index is -4.52. The number of nitrogens with two attached hydrogens (primary N) is 2. The number of amides is 6. The van der Waals surface area contributed by atoms with Crippen molar-refractivity contribution in [3.63, 3.8) is 0 Å². The zero-order valence-electron chi connectivity index (χ0n) is 39.2. The third-order valence-corrected chi connectivity index (χ3v) is 11.5. The summed E-state index contributed by atoms with van der Waals surface area (Å²) in [7, 11) is 0. The fourth-order valence-electron chi connectivity index (χ4n) is 7.22. The van der Waals surface area contributed by atoms with Crippen LogP contribution in [0.4, 0.5) is 67.5 Å². The van der Waals surface area contributed by atoms with Crippen LogP contribution in [-0.4, -0.2) is 53.4 Å². The predicted octanol–water partition coefficient (Wildman–Crippen LogP) is 12.4. The van der Waals surface area contributed by atoms with E-state index >= 15 is 4.39 Å². The fourth-order valence-corrected chi connectivity index (χ4v) is 7.70. The van der Waals surface area contributed by atoms with Crippen LogP contribution in [0.2, 0.25) is 10.0 Å². The number of primary amides is 2. The number of nitrogens with one attached hydrogen (secondary N) is 4. The number of benzene rings is 4. The number of rotatable bonds is 12. The van der Waals surface area contributed by atoms with E-state index in [2.05, 4.69) is 41.4 Å². The average molecular weight is 1090 g/mol. The number of aromatic nitrogens is 6. The molecule has 8 aromatic rings. The molecule has 6 amide bonds. The number of alkyl halides is 6. The molecule has 4 aromatic carbocycles. The van der Waals surface area contributed by atoms with Gasteiger partial charge in [-0.15, -0.1) is 0 Å². The van der Waals surface area contributed by atoms with Crippen LogP contribution in [0.1, 0.15) is 46.0 Å². The number of halogens is 10. The lowest BCUT2D eigenvalue weighted by molar-refractivity contribution is -0.138. The summed E-state index contributed by atoms with van der Waals surface area (Å²) in [5.41, 5.74) is 11.2. The molecule has 392 valence electrons. The summed E-state index contributed by atoms with van der Waals surface area (Å²) in [5.74, 6) is -3.05. The molecule has 4 heterocycles. The number of pyridine rings is 2. The summed E-state index contributed by atoms with van der Waals surface area (Å²) in [6.07, 6.45) is -3.07. The maximum Gasteiger partial charge on any atom is 0.416 e. The Morgan fingerprint density at radius 1 is 0.553 bits per heavy atom. The number of hydrogen-bond donors (Lipinski definition) is 6. The van der Waals surface area contributed by atoms with Gasteiger partial charge in [-0.05, 0) is 111 Å². The maximum absolute atomic E-state index is 15.7. The maximum atomic E-state index is 15.7. The Hall–Kier alpha value is -8.90. The van der Waals surface area contributed by atoms with Crippen LogP contribution in [0.3, 0.4) is 0 Å². The van der Waals surface area contributed by atoms with Gasteiger partial charge in [-0.2, -0.15) is 36.5 Å². The first-order valence-corrected chi connectivity index (χ1v) is 22.8. The molecule has 26 heteroatoms. The largest absolute Gasteiger partial charge is 0.416 e. The Balaban J connectivity index is 0.000000221. The van der Waals surface area contributed by atoms with Crippen molar-refractivity contribution in [2.75, 3.05) is 21.3 Å². The van der Waals surface area contributed by atoms with E-state index in [0.717, 1.165) is 60.7 Å². The molecule has 0 atom stereocenters. The first-order valence-electron chi connectivity index (χ1n) is 22.1. The Kier molecular flexibility index (Phi) is 16.4. The molecule has 0 aliphatic rings. The molecule has 0 saturated heterocycles. The highest BCUT2D eigenvalue weighted by atomic mass is 35.5. The number of anilines is 4. The minimum absolute atomic E-state index is 0.00615. The molecule has 0 bridgehead atoms. The first kappa shape index (κ1) is 54.9. The van der Waals surface area contributed by atoms with Gasteiger partial charge in [0, 0.05) is 87.7 Å². The van der Waals surface area contributed by atoms with Gasteiger partial charge in [0.25, 0.3) is 11.8 Å². The molecule has 0 saturated carbocycles. The summed E-state index contributed by atoms with van der Waals surface area (Å²) in [6.45, 7) is 4.58. The Morgan fingerprint density at radius 2 is 0.987 bits per heavy atom. The number of urea groups is 2. The summed E-state index contributed by atoms with van der Waals surface area (Å²) in [6, 6.07) is 16.6. The molecular weight excluding hydrogens is 1060 g/mol. The normalized spacial score (nSPS) is 11.3. The molecule has 0 aliphatic carbocycles. The lowest BCUT2D eigenvalue weighted by atomic mass is 10.0. The summed E-state index contributed by atoms with van der Waals surface area (Å²) >= 11 is 12.8. The van der Waals surface area contributed by atoms with Gasteiger partial charge in [-0.25, -0.2) is 18.4 Å². The lowest BCUT2D eigenvalue weighted by Crippen LogP contribution is -2.20. The number of hydrogen-bond acceptors (Lipinski definition) is 8. The monoisotopic (exact) mass is 1090 g/mol. The molecule has 0 aliphatic heterocycles. The number of carbonyl (C=O) groups is 4. The van der Waals surface area contributed by atoms with E-state index in [0.29, 0.717) is 46.7 Å². The molecule has 8 N–H and O–H groups in total. The van der Waals surface area contributed by atoms with Crippen molar-refractivity contribution in [3.8, 4) is 44.8 Å². The van der Waals surface area contributed by atoms with Gasteiger partial charge in [-0.3, -0.25) is 28.9 Å². The minimum Gasteiger partial charge on any atom is -0.364 e. The Bertz CT molecular complexity index is 3270. The third-order valence-electron chi connectivity index (χ3n) is 10.8. The van der Waals surface area contributed by atoms with Gasteiger partial charge in [0.2, 0.25) is 0 Å². The highest BCUT2D eigenvalue weighted by molar-refractivity contribution is 6.36. The second kappa shape index (κ2) is 22.7. The van der Waals surface area contributed by atoms with Crippen LogP contribution < -0.4 is 32.7 Å². The van der Waals surface area contributed by atoms with E-state index < -0.39 is 59.0 Å². The standard InChI is InChI=1S/2C25H19ClF4N6O2/c1-2-36-12-18(22(35-36)13-7-8-32-20(9-13)23(31)37)17-10-15(27)11-19(21(17)26)34-24(38)33-16-5-3-14(4-6-16)25(28,29)30;1-2-36-12-18(22(35-36)13-7-8-32-20(9-13)23(31)37)17-10-15(26)11-19(21(17)27)34-24(38)33-16-5-3-14(4-6-16)25(28,29)30/h2*3-12H,2H2,1H3,(H2,31,37)(H2,33,34,38). The second-order valence-electron chi connectivity index (χ2n) is 16.0. The van der Waals surface area contributed by atoms with Gasteiger partial charge in [0.1, 0.15) is 28.6 Å². The third kappa shape index (κ3) is 13.1. The smallest absolute Gasteiger partial charge is 0.364 e. The Morgan fingerprint density at radius 3 is 1.41 bits per heavy atom. The number of nitrogens with zero attached hydrogens (tertiary/aromatic N) is 6. The van der Waals surface area contributed by atoms with Gasteiger partial charge < -0.3 is 32.7 Å². The van der Waals surface area contributed by atoms with E-state index in [9.17, 15) is 49.9 Å². The number of aryl methyl sites for hydroxylation is 2. The van der Waals surface area contributed by atoms with Crippen molar-refractivity contribution in [2.45, 2.75) is 39.3 Å². The highest BCUT2D eigenvalue weighted by Crippen LogP contribution is 2.41. The second-order valence-corrected chi connectivity index (χ2v) is 16.8. The molecule has 0 unspecified atom stereocenters. The van der Waals surface area contributed by atoms with Crippen molar-refractivity contribution >= 4 is 69.8 Å². The molecule has 4 aromatic heterocycles. The van der Waals surface area contributed by atoms with Crippen molar-refractivity contribution in [1.82, 2.24) is 29.5 Å². The van der Waals surface area contributed by atoms with Crippen molar-refractivity contribution < 1.29 is 54.3 Å². The van der Waals surface area contributed by atoms with Gasteiger partial charge in [-0.1, -0.05) is 23.2 Å².